The summed E-state index contributed by atoms with van der Waals surface area (Å²) in [6.07, 6.45) is 9.22. The van der Waals surface area contributed by atoms with Crippen LogP contribution >= 0.6 is 0 Å². The highest BCUT2D eigenvalue weighted by Gasteiger charge is 2.17. The Hall–Kier alpha value is -2.36. The van der Waals surface area contributed by atoms with Crippen molar-refractivity contribution >= 4 is 22.5 Å². The molecule has 4 nitrogen and oxygen atoms in total. The topological polar surface area (TPSA) is 51.2 Å². The first-order valence-corrected chi connectivity index (χ1v) is 7.76. The van der Waals surface area contributed by atoms with Crippen molar-refractivity contribution in [2.24, 2.45) is 0 Å². The van der Waals surface area contributed by atoms with Gasteiger partial charge in [0.25, 0.3) is 0 Å². The van der Waals surface area contributed by atoms with E-state index >= 15 is 0 Å². The molecular formula is C18H20N2O2. The van der Waals surface area contributed by atoms with Crippen LogP contribution < -0.4 is 10.1 Å². The first kappa shape index (κ1) is 14.6. The number of ether oxygens (including phenoxy) is 1. The largest absolute Gasteiger partial charge is 0.488 e. The number of hydrogen-bond donors (Lipinski definition) is 1. The van der Waals surface area contributed by atoms with Crippen LogP contribution in [-0.2, 0) is 4.79 Å². The third-order valence-electron chi connectivity index (χ3n) is 4.02. The molecule has 1 aliphatic carbocycles. The number of anilines is 1. The van der Waals surface area contributed by atoms with E-state index < -0.39 is 0 Å². The smallest absolute Gasteiger partial charge is 0.247 e. The first-order chi connectivity index (χ1) is 10.8. The average Bonchev–Trinajstić information content (AvgIpc) is 2.58. The van der Waals surface area contributed by atoms with Gasteiger partial charge < -0.3 is 10.1 Å². The fraction of sp³-hybridized carbons (Fsp3) is 0.333. The van der Waals surface area contributed by atoms with Crippen molar-refractivity contribution < 1.29 is 9.53 Å². The van der Waals surface area contributed by atoms with Gasteiger partial charge in [-0.25, -0.2) is 0 Å². The Morgan fingerprint density at radius 2 is 2.09 bits per heavy atom. The van der Waals surface area contributed by atoms with Crippen LogP contribution in [0.25, 0.3) is 10.9 Å². The molecule has 1 fully saturated rings. The van der Waals surface area contributed by atoms with Crippen LogP contribution in [0.1, 0.15) is 32.1 Å². The zero-order valence-corrected chi connectivity index (χ0v) is 12.5. The summed E-state index contributed by atoms with van der Waals surface area (Å²) >= 11 is 0. The van der Waals surface area contributed by atoms with E-state index in [2.05, 4.69) is 16.9 Å². The van der Waals surface area contributed by atoms with Crippen LogP contribution in [0.3, 0.4) is 0 Å². The second kappa shape index (κ2) is 6.60. The van der Waals surface area contributed by atoms with Gasteiger partial charge in [-0.15, -0.1) is 0 Å². The monoisotopic (exact) mass is 296 g/mol. The Morgan fingerprint density at radius 3 is 2.86 bits per heavy atom. The van der Waals surface area contributed by atoms with Crippen molar-refractivity contribution in [1.29, 1.82) is 0 Å². The summed E-state index contributed by atoms with van der Waals surface area (Å²) in [5.41, 5.74) is 1.51. The van der Waals surface area contributed by atoms with Crippen LogP contribution in [0.2, 0.25) is 0 Å². The Kier molecular flexibility index (Phi) is 4.37. The van der Waals surface area contributed by atoms with Crippen LogP contribution in [0.5, 0.6) is 5.75 Å². The molecule has 0 spiro atoms. The number of hydrogen-bond acceptors (Lipinski definition) is 3. The average molecular weight is 296 g/mol. The minimum atomic E-state index is -0.230. The number of carbonyl (C=O) groups excluding carboxylic acids is 1. The zero-order chi connectivity index (χ0) is 15.4. The molecule has 0 unspecified atom stereocenters. The summed E-state index contributed by atoms with van der Waals surface area (Å²) in [7, 11) is 0. The number of pyridine rings is 1. The SMILES string of the molecule is C=CC(=O)Nc1ccc(OC2CCCCC2)c2ncccc12. The minimum absolute atomic E-state index is 0.230. The summed E-state index contributed by atoms with van der Waals surface area (Å²) in [6.45, 7) is 3.48. The molecule has 0 aliphatic heterocycles. The molecule has 3 rings (SSSR count). The van der Waals surface area contributed by atoms with Crippen LogP contribution in [-0.4, -0.2) is 17.0 Å². The number of amides is 1. The highest BCUT2D eigenvalue weighted by Crippen LogP contribution is 2.32. The lowest BCUT2D eigenvalue weighted by atomic mass is 9.98. The fourth-order valence-corrected chi connectivity index (χ4v) is 2.90. The van der Waals surface area contributed by atoms with Crippen LogP contribution in [0.15, 0.2) is 43.1 Å². The van der Waals surface area contributed by atoms with Gasteiger partial charge in [0.1, 0.15) is 11.3 Å². The van der Waals surface area contributed by atoms with Crippen LogP contribution in [0, 0.1) is 0 Å². The lowest BCUT2D eigenvalue weighted by Gasteiger charge is -2.23. The van der Waals surface area contributed by atoms with Gasteiger partial charge in [-0.3, -0.25) is 9.78 Å². The second-order valence-corrected chi connectivity index (χ2v) is 5.58. The number of aromatic nitrogens is 1. The summed E-state index contributed by atoms with van der Waals surface area (Å²) in [5, 5.41) is 3.69. The van der Waals surface area contributed by atoms with E-state index in [1.165, 1.54) is 25.3 Å². The van der Waals surface area contributed by atoms with E-state index in [4.69, 9.17) is 4.74 Å². The van der Waals surface area contributed by atoms with E-state index in [-0.39, 0.29) is 12.0 Å². The Bertz CT molecular complexity index is 691. The van der Waals surface area contributed by atoms with Gasteiger partial charge in [-0.1, -0.05) is 13.0 Å². The number of nitrogens with one attached hydrogen (secondary N) is 1. The van der Waals surface area contributed by atoms with E-state index in [0.717, 1.165) is 35.2 Å². The molecule has 1 saturated carbocycles. The summed E-state index contributed by atoms with van der Waals surface area (Å²) < 4.78 is 6.16. The molecule has 0 atom stereocenters. The zero-order valence-electron chi connectivity index (χ0n) is 12.5. The maximum atomic E-state index is 11.5. The van der Waals surface area contributed by atoms with Gasteiger partial charge in [0.2, 0.25) is 5.91 Å². The lowest BCUT2D eigenvalue weighted by Crippen LogP contribution is -2.20. The third-order valence-corrected chi connectivity index (χ3v) is 4.02. The normalized spacial score (nSPS) is 15.5. The molecule has 1 aromatic heterocycles. The number of fused-ring (bicyclic) bond motifs is 1. The molecule has 2 aromatic rings. The highest BCUT2D eigenvalue weighted by atomic mass is 16.5. The summed E-state index contributed by atoms with van der Waals surface area (Å²) in [5.74, 6) is 0.560. The van der Waals surface area contributed by atoms with Gasteiger partial charge in [0, 0.05) is 11.6 Å². The molecule has 1 heterocycles. The van der Waals surface area contributed by atoms with Crippen molar-refractivity contribution in [3.8, 4) is 5.75 Å². The number of nitrogens with zero attached hydrogens (tertiary/aromatic N) is 1. The molecule has 1 amide bonds. The number of rotatable bonds is 4. The standard InChI is InChI=1S/C18H20N2O2/c1-2-17(21)20-15-10-11-16(18-14(15)9-6-12-19-18)22-13-7-4-3-5-8-13/h2,6,9-13H,1,3-5,7-8H2,(H,20,21). The van der Waals surface area contributed by atoms with Crippen molar-refractivity contribution in [3.63, 3.8) is 0 Å². The van der Waals surface area contributed by atoms with Crippen LogP contribution in [0.4, 0.5) is 5.69 Å². The third kappa shape index (κ3) is 3.11. The van der Waals surface area contributed by atoms with E-state index in [0.29, 0.717) is 0 Å². The van der Waals surface area contributed by atoms with E-state index in [9.17, 15) is 4.79 Å². The minimum Gasteiger partial charge on any atom is -0.488 e. The quantitative estimate of drug-likeness (QED) is 0.865. The lowest BCUT2D eigenvalue weighted by molar-refractivity contribution is -0.111. The second-order valence-electron chi connectivity index (χ2n) is 5.58. The van der Waals surface area contributed by atoms with Crippen molar-refractivity contribution in [2.45, 2.75) is 38.2 Å². The Labute approximate surface area is 130 Å². The van der Waals surface area contributed by atoms with Crippen molar-refractivity contribution in [3.05, 3.63) is 43.1 Å². The molecule has 0 bridgehead atoms. The molecular weight excluding hydrogens is 276 g/mol. The number of benzene rings is 1. The molecule has 0 radical (unpaired) electrons. The molecule has 1 N–H and O–H groups in total. The Morgan fingerprint density at radius 1 is 1.27 bits per heavy atom. The maximum Gasteiger partial charge on any atom is 0.247 e. The maximum absolute atomic E-state index is 11.5. The predicted octanol–water partition coefficient (Wildman–Crippen LogP) is 4.07. The summed E-state index contributed by atoms with van der Waals surface area (Å²) in [6, 6.07) is 7.55. The summed E-state index contributed by atoms with van der Waals surface area (Å²) in [4.78, 5) is 16.0. The molecule has 1 aliphatic rings. The molecule has 22 heavy (non-hydrogen) atoms. The van der Waals surface area contributed by atoms with E-state index in [1.807, 2.05) is 24.3 Å². The number of carbonyl (C=O) groups is 1. The van der Waals surface area contributed by atoms with E-state index in [1.54, 1.807) is 6.20 Å². The van der Waals surface area contributed by atoms with Gasteiger partial charge in [-0.05, 0) is 56.0 Å². The Balaban J connectivity index is 1.93. The predicted molar refractivity (Wildman–Crippen MR) is 88.1 cm³/mol. The van der Waals surface area contributed by atoms with Gasteiger partial charge in [0.15, 0.2) is 0 Å². The van der Waals surface area contributed by atoms with Gasteiger partial charge in [-0.2, -0.15) is 0 Å². The first-order valence-electron chi connectivity index (χ1n) is 7.76. The van der Waals surface area contributed by atoms with Crippen molar-refractivity contribution in [2.75, 3.05) is 5.32 Å². The highest BCUT2D eigenvalue weighted by molar-refractivity contribution is 6.06. The molecule has 1 aromatic carbocycles. The molecule has 4 heteroatoms. The molecule has 0 saturated heterocycles. The molecule has 114 valence electrons. The van der Waals surface area contributed by atoms with Gasteiger partial charge >= 0.3 is 0 Å². The fourth-order valence-electron chi connectivity index (χ4n) is 2.90. The van der Waals surface area contributed by atoms with Crippen molar-refractivity contribution in [1.82, 2.24) is 4.98 Å². The van der Waals surface area contributed by atoms with Gasteiger partial charge in [0.05, 0.1) is 11.8 Å².